The lowest BCUT2D eigenvalue weighted by Crippen LogP contribution is -2.50. The van der Waals surface area contributed by atoms with Gasteiger partial charge in [-0.3, -0.25) is 0 Å². The Hall–Kier alpha value is -2.38. The van der Waals surface area contributed by atoms with E-state index in [4.69, 9.17) is 16.3 Å². The maximum Gasteiger partial charge on any atom is 0.334 e. The molecule has 0 bridgehead atoms. The predicted octanol–water partition coefficient (Wildman–Crippen LogP) is 4.05. The summed E-state index contributed by atoms with van der Waals surface area (Å²) in [4.78, 5) is 26.5. The summed E-state index contributed by atoms with van der Waals surface area (Å²) in [5.74, 6) is -4.04. The van der Waals surface area contributed by atoms with E-state index in [2.05, 4.69) is 0 Å². The van der Waals surface area contributed by atoms with Crippen molar-refractivity contribution < 1.29 is 28.9 Å². The molecular formula is C21H25ClFNO5. The van der Waals surface area contributed by atoms with Crippen LogP contribution in [0.25, 0.3) is 0 Å². The van der Waals surface area contributed by atoms with Gasteiger partial charge in [0, 0.05) is 35.6 Å². The van der Waals surface area contributed by atoms with Gasteiger partial charge in [0.15, 0.2) is 0 Å². The van der Waals surface area contributed by atoms with Crippen molar-refractivity contribution in [1.29, 1.82) is 0 Å². The van der Waals surface area contributed by atoms with Crippen LogP contribution in [0.15, 0.2) is 40.7 Å². The average Bonchev–Trinajstić information content (AvgIpc) is 2.60. The van der Waals surface area contributed by atoms with Crippen molar-refractivity contribution in [2.75, 3.05) is 20.3 Å². The normalized spacial score (nSPS) is 16.6. The third-order valence-electron chi connectivity index (χ3n) is 5.49. The van der Waals surface area contributed by atoms with Gasteiger partial charge >= 0.3 is 11.9 Å². The van der Waals surface area contributed by atoms with Gasteiger partial charge in [-0.15, -0.1) is 0 Å². The lowest BCUT2D eigenvalue weighted by Gasteiger charge is -2.47. The van der Waals surface area contributed by atoms with E-state index >= 15 is 4.39 Å². The van der Waals surface area contributed by atoms with Crippen LogP contribution in [0.5, 0.6) is 0 Å². The Morgan fingerprint density at radius 3 is 2.07 bits per heavy atom. The second-order valence-electron chi connectivity index (χ2n) is 7.23. The maximum absolute atomic E-state index is 15.1. The largest absolute Gasteiger partial charge is 0.478 e. The number of carboxylic acids is 2. The summed E-state index contributed by atoms with van der Waals surface area (Å²) in [6.07, 6.45) is 0. The van der Waals surface area contributed by atoms with Crippen LogP contribution in [0, 0.1) is 11.7 Å². The van der Waals surface area contributed by atoms with Gasteiger partial charge in [0.1, 0.15) is 5.82 Å². The third-order valence-corrected chi connectivity index (χ3v) is 5.81. The van der Waals surface area contributed by atoms with E-state index in [0.29, 0.717) is 11.4 Å². The first-order chi connectivity index (χ1) is 13.5. The molecule has 0 saturated heterocycles. The minimum Gasteiger partial charge on any atom is -0.478 e. The molecule has 0 unspecified atom stereocenters. The zero-order valence-corrected chi connectivity index (χ0v) is 17.8. The van der Waals surface area contributed by atoms with Crippen LogP contribution in [0.4, 0.5) is 4.39 Å². The van der Waals surface area contributed by atoms with Gasteiger partial charge in [-0.2, -0.15) is 0 Å². The van der Waals surface area contributed by atoms with Gasteiger partial charge in [0.05, 0.1) is 23.2 Å². The first kappa shape index (κ1) is 22.9. The number of allylic oxidation sites excluding steroid dienone is 2. The smallest absolute Gasteiger partial charge is 0.334 e. The zero-order valence-electron chi connectivity index (χ0n) is 17.0. The summed E-state index contributed by atoms with van der Waals surface area (Å²) < 4.78 is 20.2. The van der Waals surface area contributed by atoms with Crippen LogP contribution in [0.2, 0.25) is 5.02 Å². The van der Waals surface area contributed by atoms with E-state index in [9.17, 15) is 19.8 Å². The summed E-state index contributed by atoms with van der Waals surface area (Å²) in [6.45, 7) is 7.02. The molecule has 1 aliphatic heterocycles. The third kappa shape index (κ3) is 3.53. The van der Waals surface area contributed by atoms with Crippen molar-refractivity contribution in [3.63, 3.8) is 0 Å². The van der Waals surface area contributed by atoms with Crippen molar-refractivity contribution in [1.82, 2.24) is 4.90 Å². The second-order valence-corrected chi connectivity index (χ2v) is 7.64. The number of carboxylic acid groups (broad SMARTS) is 2. The number of rotatable bonds is 7. The van der Waals surface area contributed by atoms with E-state index in [-0.39, 0.29) is 34.9 Å². The summed E-state index contributed by atoms with van der Waals surface area (Å²) in [7, 11) is 1.50. The molecular weight excluding hydrogens is 401 g/mol. The van der Waals surface area contributed by atoms with Crippen LogP contribution in [0.1, 0.15) is 33.3 Å². The van der Waals surface area contributed by atoms with Gasteiger partial charge in [-0.05, 0) is 31.9 Å². The number of hydrogen-bond acceptors (Lipinski definition) is 4. The number of halogens is 2. The van der Waals surface area contributed by atoms with Gasteiger partial charge in [-0.1, -0.05) is 31.5 Å². The number of nitrogens with zero attached hydrogens (tertiary/aromatic N) is 1. The Morgan fingerprint density at radius 1 is 1.17 bits per heavy atom. The number of aliphatic carboxylic acids is 2. The number of methoxy groups -OCH3 is 1. The number of benzene rings is 1. The van der Waals surface area contributed by atoms with Gasteiger partial charge < -0.3 is 19.8 Å². The molecule has 0 spiro atoms. The van der Waals surface area contributed by atoms with Crippen LogP contribution in [0.3, 0.4) is 0 Å². The molecule has 8 heteroatoms. The zero-order chi connectivity index (χ0) is 22.1. The van der Waals surface area contributed by atoms with Crippen molar-refractivity contribution in [2.45, 2.75) is 33.1 Å². The van der Waals surface area contributed by atoms with Crippen LogP contribution in [-0.2, 0) is 19.7 Å². The first-order valence-electron chi connectivity index (χ1n) is 9.13. The molecule has 2 rings (SSSR count). The minimum atomic E-state index is -1.78. The number of ether oxygens (including phenoxy) is 1. The molecule has 0 atom stereocenters. The maximum atomic E-state index is 15.1. The fraction of sp³-hybridized carbons (Fsp3) is 0.429. The molecule has 1 aromatic rings. The Morgan fingerprint density at radius 2 is 1.69 bits per heavy atom. The summed E-state index contributed by atoms with van der Waals surface area (Å²) in [5, 5.41) is 20.3. The highest BCUT2D eigenvalue weighted by Gasteiger charge is 2.55. The van der Waals surface area contributed by atoms with E-state index in [1.165, 1.54) is 19.2 Å². The van der Waals surface area contributed by atoms with E-state index in [1.807, 2.05) is 0 Å². The highest BCUT2D eigenvalue weighted by molar-refractivity contribution is 6.31. The van der Waals surface area contributed by atoms with E-state index < -0.39 is 29.1 Å². The van der Waals surface area contributed by atoms with E-state index in [1.54, 1.807) is 32.6 Å². The molecule has 0 radical (unpaired) electrons. The van der Waals surface area contributed by atoms with Gasteiger partial charge in [0.25, 0.3) is 0 Å². The Labute approximate surface area is 174 Å². The molecule has 29 heavy (non-hydrogen) atoms. The Balaban J connectivity index is 3.08. The number of carbonyl (C=O) groups is 2. The van der Waals surface area contributed by atoms with Crippen molar-refractivity contribution in [2.24, 2.45) is 5.92 Å². The van der Waals surface area contributed by atoms with Gasteiger partial charge in [-0.25, -0.2) is 14.0 Å². The quantitative estimate of drug-likeness (QED) is 0.685. The molecule has 2 N–H and O–H groups in total. The second kappa shape index (κ2) is 8.55. The molecule has 158 valence electrons. The summed E-state index contributed by atoms with van der Waals surface area (Å²) in [6, 6.07) is 3.99. The Kier molecular flexibility index (Phi) is 6.75. The van der Waals surface area contributed by atoms with Crippen LogP contribution in [-0.4, -0.2) is 47.3 Å². The highest BCUT2D eigenvalue weighted by Crippen LogP contribution is 2.54. The van der Waals surface area contributed by atoms with Crippen molar-refractivity contribution in [3.8, 4) is 0 Å². The molecule has 0 aromatic heterocycles. The van der Waals surface area contributed by atoms with Crippen molar-refractivity contribution >= 4 is 23.5 Å². The lowest BCUT2D eigenvalue weighted by molar-refractivity contribution is -0.135. The predicted molar refractivity (Wildman–Crippen MR) is 107 cm³/mol. The standard InChI is InChI=1S/C21H25ClFNO5/c1-11(2)21(18-14(22)7-6-8-15(18)23)16(19(25)26)12(3)24(9-10-29-5)13(4)17(21)20(27)28/h6-8,11H,9-10H2,1-5H3,(H,25,26)(H,27,28). The topological polar surface area (TPSA) is 87.1 Å². The molecule has 0 aliphatic carbocycles. The lowest BCUT2D eigenvalue weighted by atomic mass is 9.59. The van der Waals surface area contributed by atoms with E-state index in [0.717, 1.165) is 6.07 Å². The van der Waals surface area contributed by atoms with Crippen LogP contribution < -0.4 is 0 Å². The molecule has 0 saturated carbocycles. The minimum absolute atomic E-state index is 0.0258. The molecule has 1 aromatic carbocycles. The molecule has 1 heterocycles. The molecule has 0 amide bonds. The average molecular weight is 426 g/mol. The first-order valence-corrected chi connectivity index (χ1v) is 9.51. The fourth-order valence-electron chi connectivity index (χ4n) is 4.37. The fourth-order valence-corrected chi connectivity index (χ4v) is 4.68. The van der Waals surface area contributed by atoms with Crippen molar-refractivity contribution in [3.05, 3.63) is 57.1 Å². The van der Waals surface area contributed by atoms with Gasteiger partial charge in [0.2, 0.25) is 0 Å². The SMILES string of the molecule is COCCN1C(C)=C(C(=O)O)C(c2c(F)cccc2Cl)(C(C)C)C(C(=O)O)=C1C. The highest BCUT2D eigenvalue weighted by atomic mass is 35.5. The molecule has 0 fully saturated rings. The van der Waals surface area contributed by atoms with Crippen LogP contribution >= 0.6 is 11.6 Å². The summed E-state index contributed by atoms with van der Waals surface area (Å²) in [5.41, 5.74) is -1.69. The number of hydrogen-bond donors (Lipinski definition) is 2. The molecule has 1 aliphatic rings. The monoisotopic (exact) mass is 425 g/mol. The Bertz CT molecular complexity index is 848. The summed E-state index contributed by atoms with van der Waals surface area (Å²) >= 11 is 6.35. The molecule has 6 nitrogen and oxygen atoms in total.